The Hall–Kier alpha value is -1.09. The van der Waals surface area contributed by atoms with Crippen LogP contribution in [0.3, 0.4) is 0 Å². The Labute approximate surface area is 91.1 Å². The van der Waals surface area contributed by atoms with Crippen molar-refractivity contribution in [3.63, 3.8) is 0 Å². The molecule has 0 atom stereocenters. The highest BCUT2D eigenvalue weighted by molar-refractivity contribution is 5.35. The number of hydrogen-bond donors (Lipinski definition) is 1. The van der Waals surface area contributed by atoms with Gasteiger partial charge in [0.25, 0.3) is 0 Å². The van der Waals surface area contributed by atoms with Crippen molar-refractivity contribution in [3.8, 4) is 5.88 Å². The van der Waals surface area contributed by atoms with Gasteiger partial charge >= 0.3 is 0 Å². The molecule has 1 rings (SSSR count). The van der Waals surface area contributed by atoms with Gasteiger partial charge in [-0.2, -0.15) is 0 Å². The first-order valence-corrected chi connectivity index (χ1v) is 5.25. The number of aliphatic hydroxyl groups is 1. The first-order valence-electron chi connectivity index (χ1n) is 5.25. The number of hydrogen-bond acceptors (Lipinski definition) is 3. The minimum absolute atomic E-state index is 0.0213. The summed E-state index contributed by atoms with van der Waals surface area (Å²) in [6, 6.07) is 1.95. The molecule has 0 fully saturated rings. The second kappa shape index (κ2) is 5.12. The van der Waals surface area contributed by atoms with Crippen molar-refractivity contribution in [1.29, 1.82) is 0 Å². The fourth-order valence-electron chi connectivity index (χ4n) is 1.39. The van der Waals surface area contributed by atoms with E-state index in [1.807, 2.05) is 19.9 Å². The largest absolute Gasteiger partial charge is 0.477 e. The Morgan fingerprint density at radius 2 is 2.07 bits per heavy atom. The average Bonchev–Trinajstić information content (AvgIpc) is 2.13. The molecule has 0 saturated carbocycles. The Kier molecular flexibility index (Phi) is 4.09. The van der Waals surface area contributed by atoms with Crippen LogP contribution in [0.2, 0.25) is 0 Å². The summed E-state index contributed by atoms with van der Waals surface area (Å²) in [7, 11) is 0. The van der Waals surface area contributed by atoms with Crippen molar-refractivity contribution < 1.29 is 9.84 Å². The van der Waals surface area contributed by atoms with Gasteiger partial charge in [0.2, 0.25) is 5.88 Å². The molecular formula is C12H19NO2. The Morgan fingerprint density at radius 1 is 1.40 bits per heavy atom. The van der Waals surface area contributed by atoms with E-state index in [0.717, 1.165) is 16.8 Å². The van der Waals surface area contributed by atoms with Crippen molar-refractivity contribution in [2.24, 2.45) is 5.92 Å². The summed E-state index contributed by atoms with van der Waals surface area (Å²) in [5, 5.41) is 9.24. The van der Waals surface area contributed by atoms with E-state index in [0.29, 0.717) is 18.4 Å². The van der Waals surface area contributed by atoms with E-state index in [1.165, 1.54) is 0 Å². The van der Waals surface area contributed by atoms with Crippen LogP contribution in [-0.2, 0) is 6.61 Å². The zero-order valence-electron chi connectivity index (χ0n) is 9.87. The highest BCUT2D eigenvalue weighted by atomic mass is 16.5. The molecule has 0 aliphatic rings. The highest BCUT2D eigenvalue weighted by Gasteiger charge is 2.09. The predicted octanol–water partition coefficient (Wildman–Crippen LogP) is 2.23. The topological polar surface area (TPSA) is 42.4 Å². The Morgan fingerprint density at radius 3 is 2.60 bits per heavy atom. The minimum Gasteiger partial charge on any atom is -0.477 e. The van der Waals surface area contributed by atoms with E-state index in [1.54, 1.807) is 0 Å². The maximum Gasteiger partial charge on any atom is 0.219 e. The van der Waals surface area contributed by atoms with Crippen LogP contribution in [0.25, 0.3) is 0 Å². The Bertz CT molecular complexity index is 335. The third kappa shape index (κ3) is 3.20. The molecule has 3 heteroatoms. The Balaban J connectivity index is 2.93. The van der Waals surface area contributed by atoms with E-state index in [-0.39, 0.29) is 6.61 Å². The van der Waals surface area contributed by atoms with Crippen molar-refractivity contribution in [2.45, 2.75) is 34.3 Å². The van der Waals surface area contributed by atoms with Crippen LogP contribution in [-0.4, -0.2) is 16.7 Å². The van der Waals surface area contributed by atoms with E-state index in [9.17, 15) is 5.11 Å². The molecule has 0 saturated heterocycles. The molecule has 1 aromatic rings. The smallest absolute Gasteiger partial charge is 0.219 e. The summed E-state index contributed by atoms with van der Waals surface area (Å²) in [5.74, 6) is 1.03. The van der Waals surface area contributed by atoms with Crippen molar-refractivity contribution >= 4 is 0 Å². The summed E-state index contributed by atoms with van der Waals surface area (Å²) in [4.78, 5) is 4.29. The molecule has 15 heavy (non-hydrogen) atoms. The van der Waals surface area contributed by atoms with Crippen LogP contribution in [0.5, 0.6) is 5.88 Å². The minimum atomic E-state index is -0.0213. The number of nitrogens with zero attached hydrogens (tertiary/aromatic N) is 1. The number of pyridine rings is 1. The van der Waals surface area contributed by atoms with Crippen LogP contribution in [0.4, 0.5) is 0 Å². The lowest BCUT2D eigenvalue weighted by molar-refractivity contribution is 0.237. The average molecular weight is 209 g/mol. The molecule has 3 nitrogen and oxygen atoms in total. The van der Waals surface area contributed by atoms with Gasteiger partial charge in [0.1, 0.15) is 0 Å². The predicted molar refractivity (Wildman–Crippen MR) is 60.0 cm³/mol. The lowest BCUT2D eigenvalue weighted by atomic mass is 10.1. The molecule has 0 spiro atoms. The molecule has 0 aromatic carbocycles. The number of ether oxygens (including phenoxy) is 1. The summed E-state index contributed by atoms with van der Waals surface area (Å²) in [6.07, 6.45) is 0. The SMILES string of the molecule is Cc1cc(C)c(CO)c(OCC(C)C)n1. The maximum atomic E-state index is 9.24. The summed E-state index contributed by atoms with van der Waals surface area (Å²) in [5.41, 5.74) is 2.74. The van der Waals surface area contributed by atoms with Crippen molar-refractivity contribution in [3.05, 3.63) is 22.9 Å². The summed E-state index contributed by atoms with van der Waals surface area (Å²) < 4.78 is 5.58. The van der Waals surface area contributed by atoms with Gasteiger partial charge < -0.3 is 9.84 Å². The second-order valence-electron chi connectivity index (χ2n) is 4.23. The number of aromatic nitrogens is 1. The molecule has 0 radical (unpaired) electrons. The lowest BCUT2D eigenvalue weighted by Gasteiger charge is -2.13. The van der Waals surface area contributed by atoms with E-state index < -0.39 is 0 Å². The molecule has 0 amide bonds. The number of rotatable bonds is 4. The van der Waals surface area contributed by atoms with Crippen LogP contribution in [0.15, 0.2) is 6.07 Å². The van der Waals surface area contributed by atoms with Gasteiger partial charge in [0.15, 0.2) is 0 Å². The van der Waals surface area contributed by atoms with Gasteiger partial charge in [-0.15, -0.1) is 0 Å². The molecule has 0 bridgehead atoms. The van der Waals surface area contributed by atoms with Crippen molar-refractivity contribution in [1.82, 2.24) is 4.98 Å². The van der Waals surface area contributed by atoms with Gasteiger partial charge in [-0.25, -0.2) is 4.98 Å². The van der Waals surface area contributed by atoms with Gasteiger partial charge in [-0.05, 0) is 31.4 Å². The van der Waals surface area contributed by atoms with Crippen LogP contribution >= 0.6 is 0 Å². The molecule has 1 N–H and O–H groups in total. The normalized spacial score (nSPS) is 10.8. The van der Waals surface area contributed by atoms with Crippen LogP contribution in [0.1, 0.15) is 30.7 Å². The first kappa shape index (κ1) is 12.0. The number of aryl methyl sites for hydroxylation is 2. The molecule has 0 aliphatic carbocycles. The first-order chi connectivity index (χ1) is 7.04. The summed E-state index contributed by atoms with van der Waals surface area (Å²) >= 11 is 0. The third-order valence-electron chi connectivity index (χ3n) is 2.15. The number of aliphatic hydroxyl groups excluding tert-OH is 1. The van der Waals surface area contributed by atoms with Gasteiger partial charge in [-0.1, -0.05) is 13.8 Å². The lowest BCUT2D eigenvalue weighted by Crippen LogP contribution is -2.09. The molecule has 1 aromatic heterocycles. The monoisotopic (exact) mass is 209 g/mol. The van der Waals surface area contributed by atoms with Gasteiger partial charge in [0.05, 0.1) is 13.2 Å². The fraction of sp³-hybridized carbons (Fsp3) is 0.583. The maximum absolute atomic E-state index is 9.24. The molecule has 0 aliphatic heterocycles. The quantitative estimate of drug-likeness (QED) is 0.826. The van der Waals surface area contributed by atoms with E-state index in [4.69, 9.17) is 4.74 Å². The molecular weight excluding hydrogens is 190 g/mol. The molecule has 84 valence electrons. The van der Waals surface area contributed by atoms with Gasteiger partial charge in [0, 0.05) is 11.3 Å². The zero-order chi connectivity index (χ0) is 11.4. The van der Waals surface area contributed by atoms with Crippen LogP contribution in [0, 0.1) is 19.8 Å². The third-order valence-corrected chi connectivity index (χ3v) is 2.15. The zero-order valence-corrected chi connectivity index (χ0v) is 9.87. The van der Waals surface area contributed by atoms with Crippen LogP contribution < -0.4 is 4.74 Å². The standard InChI is InChI=1S/C12H19NO2/c1-8(2)7-15-12-11(6-14)9(3)5-10(4)13-12/h5,8,14H,6-7H2,1-4H3. The fourth-order valence-corrected chi connectivity index (χ4v) is 1.39. The van der Waals surface area contributed by atoms with Crippen molar-refractivity contribution in [2.75, 3.05) is 6.61 Å². The summed E-state index contributed by atoms with van der Waals surface area (Å²) in [6.45, 7) is 8.66. The second-order valence-corrected chi connectivity index (χ2v) is 4.23. The van der Waals surface area contributed by atoms with Gasteiger partial charge in [-0.3, -0.25) is 0 Å². The highest BCUT2D eigenvalue weighted by Crippen LogP contribution is 2.21. The molecule has 0 unspecified atom stereocenters. The van der Waals surface area contributed by atoms with E-state index >= 15 is 0 Å². The molecule has 1 heterocycles. The van der Waals surface area contributed by atoms with E-state index in [2.05, 4.69) is 18.8 Å².